The molecule has 0 bridgehead atoms. The van der Waals surface area contributed by atoms with Crippen molar-refractivity contribution in [3.8, 4) is 0 Å². The summed E-state index contributed by atoms with van der Waals surface area (Å²) in [5.41, 5.74) is 2.12. The molecule has 134 valence electrons. The smallest absolute Gasteiger partial charge is 0.356 e. The third-order valence-corrected chi connectivity index (χ3v) is 4.66. The second-order valence-corrected chi connectivity index (χ2v) is 6.96. The van der Waals surface area contributed by atoms with Crippen LogP contribution < -0.4 is 5.32 Å². The predicted molar refractivity (Wildman–Crippen MR) is 91.2 cm³/mol. The molecule has 0 radical (unpaired) electrons. The van der Waals surface area contributed by atoms with Crippen LogP contribution in [0.4, 0.5) is 0 Å². The average Bonchev–Trinajstić information content (AvgIpc) is 2.89. The SMILES string of the molecule is CNC(=O)CCN(C)[C@@H]1CCc2c(c(C(=O)O)nn2CC(C)C)C1. The maximum atomic E-state index is 11.6. The van der Waals surface area contributed by atoms with Crippen molar-refractivity contribution in [3.05, 3.63) is 17.0 Å². The molecule has 1 atom stereocenters. The normalized spacial score (nSPS) is 17.2. The van der Waals surface area contributed by atoms with Crippen molar-refractivity contribution in [2.75, 3.05) is 20.6 Å². The first-order valence-electron chi connectivity index (χ1n) is 8.56. The Bertz CT molecular complexity index is 609. The number of carbonyl (C=O) groups excluding carboxylic acids is 1. The molecule has 0 saturated heterocycles. The van der Waals surface area contributed by atoms with Crippen molar-refractivity contribution >= 4 is 11.9 Å². The maximum absolute atomic E-state index is 11.6. The van der Waals surface area contributed by atoms with Crippen LogP contribution in [0.15, 0.2) is 0 Å². The van der Waals surface area contributed by atoms with Gasteiger partial charge in [-0.3, -0.25) is 9.48 Å². The van der Waals surface area contributed by atoms with Crippen LogP contribution in [0.5, 0.6) is 0 Å². The van der Waals surface area contributed by atoms with Crippen LogP contribution in [-0.4, -0.2) is 58.3 Å². The predicted octanol–water partition coefficient (Wildman–Crippen LogP) is 1.16. The number of carbonyl (C=O) groups is 2. The van der Waals surface area contributed by atoms with Gasteiger partial charge in [0.25, 0.3) is 0 Å². The van der Waals surface area contributed by atoms with Crippen LogP contribution in [0.2, 0.25) is 0 Å². The highest BCUT2D eigenvalue weighted by atomic mass is 16.4. The van der Waals surface area contributed by atoms with Crippen LogP contribution >= 0.6 is 0 Å². The van der Waals surface area contributed by atoms with Gasteiger partial charge in [0.2, 0.25) is 5.91 Å². The molecule has 1 aromatic rings. The fourth-order valence-corrected chi connectivity index (χ4v) is 3.30. The van der Waals surface area contributed by atoms with E-state index in [-0.39, 0.29) is 17.6 Å². The minimum Gasteiger partial charge on any atom is -0.476 e. The van der Waals surface area contributed by atoms with E-state index in [1.807, 2.05) is 11.7 Å². The Kier molecular flexibility index (Phi) is 5.99. The Morgan fingerprint density at radius 1 is 1.46 bits per heavy atom. The Balaban J connectivity index is 2.15. The summed E-state index contributed by atoms with van der Waals surface area (Å²) in [6, 6.07) is 0.247. The van der Waals surface area contributed by atoms with Gasteiger partial charge in [0.1, 0.15) is 0 Å². The molecule has 7 heteroatoms. The molecule has 0 saturated carbocycles. The fraction of sp³-hybridized carbons (Fsp3) is 0.706. The lowest BCUT2D eigenvalue weighted by Crippen LogP contribution is -2.39. The highest BCUT2D eigenvalue weighted by Gasteiger charge is 2.30. The molecule has 2 N–H and O–H groups in total. The zero-order valence-electron chi connectivity index (χ0n) is 15.0. The van der Waals surface area contributed by atoms with Crippen molar-refractivity contribution in [1.82, 2.24) is 20.0 Å². The molecular formula is C17H28N4O3. The number of fused-ring (bicyclic) bond motifs is 1. The summed E-state index contributed by atoms with van der Waals surface area (Å²) in [4.78, 5) is 25.1. The molecule has 1 aliphatic carbocycles. The van der Waals surface area contributed by atoms with Crippen LogP contribution in [0.3, 0.4) is 0 Å². The largest absolute Gasteiger partial charge is 0.476 e. The molecule has 1 amide bonds. The minimum absolute atomic E-state index is 0.0225. The topological polar surface area (TPSA) is 87.5 Å². The van der Waals surface area contributed by atoms with Gasteiger partial charge in [-0.25, -0.2) is 4.79 Å². The molecule has 1 aromatic heterocycles. The Hall–Kier alpha value is -1.89. The van der Waals surface area contributed by atoms with Crippen LogP contribution in [0.25, 0.3) is 0 Å². The molecule has 0 aliphatic heterocycles. The molecule has 0 unspecified atom stereocenters. The zero-order chi connectivity index (χ0) is 17.9. The first kappa shape index (κ1) is 18.4. The number of likely N-dealkylation sites (N-methyl/N-ethyl adjacent to an activating group) is 1. The van der Waals surface area contributed by atoms with Crippen molar-refractivity contribution in [1.29, 1.82) is 0 Å². The van der Waals surface area contributed by atoms with Gasteiger partial charge in [-0.15, -0.1) is 0 Å². The van der Waals surface area contributed by atoms with E-state index in [1.54, 1.807) is 7.05 Å². The molecular weight excluding hydrogens is 308 g/mol. The van der Waals surface area contributed by atoms with Gasteiger partial charge < -0.3 is 15.3 Å². The Labute approximate surface area is 143 Å². The lowest BCUT2D eigenvalue weighted by Gasteiger charge is -2.31. The summed E-state index contributed by atoms with van der Waals surface area (Å²) < 4.78 is 1.88. The monoisotopic (exact) mass is 336 g/mol. The minimum atomic E-state index is -0.956. The fourth-order valence-electron chi connectivity index (χ4n) is 3.30. The molecule has 0 fully saturated rings. The maximum Gasteiger partial charge on any atom is 0.356 e. The Morgan fingerprint density at radius 2 is 2.17 bits per heavy atom. The lowest BCUT2D eigenvalue weighted by molar-refractivity contribution is -0.121. The number of hydrogen-bond acceptors (Lipinski definition) is 4. The highest BCUT2D eigenvalue weighted by Crippen LogP contribution is 2.27. The number of aromatic nitrogens is 2. The summed E-state index contributed by atoms with van der Waals surface area (Å²) in [5, 5.41) is 16.5. The van der Waals surface area contributed by atoms with E-state index in [0.717, 1.165) is 30.6 Å². The second kappa shape index (κ2) is 7.79. The number of carboxylic acids is 1. The van der Waals surface area contributed by atoms with Gasteiger partial charge in [0, 0.05) is 43.9 Å². The number of amides is 1. The molecule has 2 rings (SSSR count). The Morgan fingerprint density at radius 3 is 2.75 bits per heavy atom. The molecule has 0 aromatic carbocycles. The average molecular weight is 336 g/mol. The summed E-state index contributed by atoms with van der Waals surface area (Å²) >= 11 is 0. The first-order valence-corrected chi connectivity index (χ1v) is 8.56. The highest BCUT2D eigenvalue weighted by molar-refractivity contribution is 5.87. The quantitative estimate of drug-likeness (QED) is 0.780. The standard InChI is InChI=1S/C17H28N4O3/c1-11(2)10-21-14-6-5-12(20(4)8-7-15(22)18-3)9-13(14)16(19-21)17(23)24/h11-12H,5-10H2,1-4H3,(H,18,22)(H,23,24)/t12-/m1/s1. The summed E-state index contributed by atoms with van der Waals surface area (Å²) in [6.07, 6.45) is 2.92. The van der Waals surface area contributed by atoms with Crippen molar-refractivity contribution in [2.45, 2.75) is 52.1 Å². The lowest BCUT2D eigenvalue weighted by atomic mass is 9.90. The van der Waals surface area contributed by atoms with Crippen molar-refractivity contribution in [3.63, 3.8) is 0 Å². The molecule has 0 spiro atoms. The van der Waals surface area contributed by atoms with Gasteiger partial charge in [-0.05, 0) is 32.2 Å². The van der Waals surface area contributed by atoms with E-state index in [9.17, 15) is 14.7 Å². The van der Waals surface area contributed by atoms with Crippen LogP contribution in [0.1, 0.15) is 48.4 Å². The van der Waals surface area contributed by atoms with E-state index in [2.05, 4.69) is 29.2 Å². The number of hydrogen-bond donors (Lipinski definition) is 2. The van der Waals surface area contributed by atoms with Gasteiger partial charge in [-0.2, -0.15) is 5.10 Å². The number of rotatable bonds is 7. The number of nitrogens with one attached hydrogen (secondary N) is 1. The van der Waals surface area contributed by atoms with Crippen LogP contribution in [0, 0.1) is 5.92 Å². The summed E-state index contributed by atoms with van der Waals surface area (Å²) in [6.45, 7) is 5.62. The van der Waals surface area contributed by atoms with Gasteiger partial charge in [0.15, 0.2) is 5.69 Å². The van der Waals surface area contributed by atoms with Gasteiger partial charge in [0.05, 0.1) is 0 Å². The molecule has 7 nitrogen and oxygen atoms in total. The number of carboxylic acid groups (broad SMARTS) is 1. The summed E-state index contributed by atoms with van der Waals surface area (Å²) in [5.74, 6) is -0.514. The van der Waals surface area contributed by atoms with E-state index >= 15 is 0 Å². The van der Waals surface area contributed by atoms with Crippen LogP contribution in [-0.2, 0) is 24.2 Å². The molecule has 24 heavy (non-hydrogen) atoms. The zero-order valence-corrected chi connectivity index (χ0v) is 15.0. The third kappa shape index (κ3) is 4.14. The van der Waals surface area contributed by atoms with Gasteiger partial charge in [-0.1, -0.05) is 13.8 Å². The van der Waals surface area contributed by atoms with E-state index in [1.165, 1.54) is 0 Å². The van der Waals surface area contributed by atoms with E-state index in [4.69, 9.17) is 0 Å². The molecule has 1 aliphatic rings. The van der Waals surface area contributed by atoms with Crippen molar-refractivity contribution < 1.29 is 14.7 Å². The number of nitrogens with zero attached hydrogens (tertiary/aromatic N) is 3. The second-order valence-electron chi connectivity index (χ2n) is 6.96. The molecule has 1 heterocycles. The van der Waals surface area contributed by atoms with Crippen molar-refractivity contribution in [2.24, 2.45) is 5.92 Å². The van der Waals surface area contributed by atoms with E-state index in [0.29, 0.717) is 25.3 Å². The first-order chi connectivity index (χ1) is 11.3. The summed E-state index contributed by atoms with van der Waals surface area (Å²) in [7, 11) is 3.63. The third-order valence-electron chi connectivity index (χ3n) is 4.66. The number of aromatic carboxylic acids is 1. The van der Waals surface area contributed by atoms with E-state index < -0.39 is 5.97 Å². The van der Waals surface area contributed by atoms with Gasteiger partial charge >= 0.3 is 5.97 Å².